The van der Waals surface area contributed by atoms with Crippen LogP contribution in [-0.4, -0.2) is 12.0 Å². The van der Waals surface area contributed by atoms with E-state index in [1.54, 1.807) is 6.07 Å². The number of carbonyl (C=O) groups excluding carboxylic acids is 1. The highest BCUT2D eigenvalue weighted by Crippen LogP contribution is 2.11. The smallest absolute Gasteiger partial charge is 0.303 e. The fourth-order valence-electron chi connectivity index (χ4n) is 1.19. The van der Waals surface area contributed by atoms with Crippen molar-refractivity contribution >= 4 is 5.97 Å². The first kappa shape index (κ1) is 11.8. The molecule has 0 aliphatic heterocycles. The van der Waals surface area contributed by atoms with Crippen molar-refractivity contribution in [1.82, 2.24) is 0 Å². The SMILES string of the molecule is CCC(N)Cc1ccc(COC(C)=O)o1. The molecule has 0 radical (unpaired) electrons. The standard InChI is InChI=1S/C11H17NO3/c1-3-9(12)6-10-4-5-11(15-10)7-14-8(2)13/h4-5,9H,3,6-7,12H2,1-2H3. The van der Waals surface area contributed by atoms with Gasteiger partial charge in [-0.15, -0.1) is 0 Å². The molecular weight excluding hydrogens is 194 g/mol. The molecule has 0 fully saturated rings. The predicted molar refractivity (Wildman–Crippen MR) is 56.1 cm³/mol. The summed E-state index contributed by atoms with van der Waals surface area (Å²) < 4.78 is 10.3. The second kappa shape index (κ2) is 5.56. The Labute approximate surface area is 89.4 Å². The third-order valence-electron chi connectivity index (χ3n) is 2.12. The van der Waals surface area contributed by atoms with E-state index in [1.807, 2.05) is 13.0 Å². The lowest BCUT2D eigenvalue weighted by molar-refractivity contribution is -0.142. The van der Waals surface area contributed by atoms with Crippen LogP contribution in [-0.2, 0) is 22.6 Å². The molecule has 0 saturated carbocycles. The zero-order chi connectivity index (χ0) is 11.3. The van der Waals surface area contributed by atoms with Gasteiger partial charge in [0.25, 0.3) is 0 Å². The molecule has 1 heterocycles. The van der Waals surface area contributed by atoms with E-state index < -0.39 is 0 Å². The van der Waals surface area contributed by atoms with E-state index in [2.05, 4.69) is 0 Å². The van der Waals surface area contributed by atoms with Crippen LogP contribution in [0.2, 0.25) is 0 Å². The predicted octanol–water partition coefficient (Wildman–Crippen LogP) is 1.62. The first-order chi connectivity index (χ1) is 7.11. The van der Waals surface area contributed by atoms with Crippen LogP contribution in [0, 0.1) is 0 Å². The zero-order valence-corrected chi connectivity index (χ0v) is 9.16. The first-order valence-electron chi connectivity index (χ1n) is 5.08. The van der Waals surface area contributed by atoms with Crippen molar-refractivity contribution in [2.45, 2.75) is 39.3 Å². The number of hydrogen-bond donors (Lipinski definition) is 1. The highest BCUT2D eigenvalue weighted by molar-refractivity contribution is 5.65. The minimum Gasteiger partial charge on any atom is -0.462 e. The van der Waals surface area contributed by atoms with Gasteiger partial charge in [-0.2, -0.15) is 0 Å². The summed E-state index contributed by atoms with van der Waals surface area (Å²) in [4.78, 5) is 10.6. The summed E-state index contributed by atoms with van der Waals surface area (Å²) in [6, 6.07) is 3.80. The third kappa shape index (κ3) is 4.16. The van der Waals surface area contributed by atoms with Crippen LogP contribution in [0.4, 0.5) is 0 Å². The molecule has 15 heavy (non-hydrogen) atoms. The lowest BCUT2D eigenvalue weighted by atomic mass is 10.1. The molecule has 84 valence electrons. The lowest BCUT2D eigenvalue weighted by Crippen LogP contribution is -2.20. The highest BCUT2D eigenvalue weighted by atomic mass is 16.5. The Bertz CT molecular complexity index is 319. The fourth-order valence-corrected chi connectivity index (χ4v) is 1.19. The Kier molecular flexibility index (Phi) is 4.37. The Morgan fingerprint density at radius 1 is 1.53 bits per heavy atom. The van der Waals surface area contributed by atoms with E-state index >= 15 is 0 Å². The fraction of sp³-hybridized carbons (Fsp3) is 0.545. The third-order valence-corrected chi connectivity index (χ3v) is 2.12. The summed E-state index contributed by atoms with van der Waals surface area (Å²) in [7, 11) is 0. The zero-order valence-electron chi connectivity index (χ0n) is 9.16. The Hall–Kier alpha value is -1.29. The number of nitrogens with two attached hydrogens (primary N) is 1. The molecule has 1 atom stereocenters. The van der Waals surface area contributed by atoms with Gasteiger partial charge in [-0.05, 0) is 18.6 Å². The van der Waals surface area contributed by atoms with Gasteiger partial charge in [-0.1, -0.05) is 6.92 Å². The molecule has 0 aromatic carbocycles. The van der Waals surface area contributed by atoms with Crippen molar-refractivity contribution in [2.24, 2.45) is 5.73 Å². The minimum atomic E-state index is -0.307. The van der Waals surface area contributed by atoms with Gasteiger partial charge >= 0.3 is 5.97 Å². The molecule has 1 unspecified atom stereocenters. The van der Waals surface area contributed by atoms with E-state index in [9.17, 15) is 4.79 Å². The lowest BCUT2D eigenvalue weighted by Gasteiger charge is -2.05. The van der Waals surface area contributed by atoms with E-state index in [-0.39, 0.29) is 18.6 Å². The number of esters is 1. The summed E-state index contributed by atoms with van der Waals surface area (Å²) in [5.74, 6) is 1.19. The summed E-state index contributed by atoms with van der Waals surface area (Å²) in [6.07, 6.45) is 1.64. The van der Waals surface area contributed by atoms with E-state index in [0.717, 1.165) is 18.6 Å². The summed E-state index contributed by atoms with van der Waals surface area (Å²) >= 11 is 0. The second-order valence-corrected chi connectivity index (χ2v) is 3.52. The summed E-state index contributed by atoms with van der Waals surface area (Å²) in [5.41, 5.74) is 5.79. The van der Waals surface area contributed by atoms with E-state index in [0.29, 0.717) is 5.76 Å². The van der Waals surface area contributed by atoms with Crippen LogP contribution >= 0.6 is 0 Å². The molecule has 0 bridgehead atoms. The average Bonchev–Trinajstić information content (AvgIpc) is 2.62. The van der Waals surface area contributed by atoms with Gasteiger partial charge in [0.2, 0.25) is 0 Å². The molecule has 0 saturated heterocycles. The number of hydrogen-bond acceptors (Lipinski definition) is 4. The molecule has 0 amide bonds. The quantitative estimate of drug-likeness (QED) is 0.751. The average molecular weight is 211 g/mol. The van der Waals surface area contributed by atoms with E-state index in [1.165, 1.54) is 6.92 Å². The summed E-state index contributed by atoms with van der Waals surface area (Å²) in [6.45, 7) is 3.60. The van der Waals surface area contributed by atoms with Crippen LogP contribution in [0.25, 0.3) is 0 Å². The normalized spacial score (nSPS) is 12.5. The molecular formula is C11H17NO3. The van der Waals surface area contributed by atoms with Gasteiger partial charge < -0.3 is 14.9 Å². The van der Waals surface area contributed by atoms with Crippen molar-refractivity contribution in [3.63, 3.8) is 0 Å². The number of rotatable bonds is 5. The van der Waals surface area contributed by atoms with Crippen molar-refractivity contribution in [3.05, 3.63) is 23.7 Å². The van der Waals surface area contributed by atoms with Gasteiger partial charge in [0.15, 0.2) is 0 Å². The van der Waals surface area contributed by atoms with Gasteiger partial charge in [0.05, 0.1) is 0 Å². The Balaban J connectivity index is 2.45. The van der Waals surface area contributed by atoms with Gasteiger partial charge in [-0.25, -0.2) is 0 Å². The Morgan fingerprint density at radius 3 is 2.80 bits per heavy atom. The largest absolute Gasteiger partial charge is 0.462 e. The highest BCUT2D eigenvalue weighted by Gasteiger charge is 2.07. The van der Waals surface area contributed by atoms with Crippen LogP contribution < -0.4 is 5.73 Å². The maximum atomic E-state index is 10.6. The maximum absolute atomic E-state index is 10.6. The van der Waals surface area contributed by atoms with E-state index in [4.69, 9.17) is 14.9 Å². The summed E-state index contributed by atoms with van der Waals surface area (Å²) in [5, 5.41) is 0. The molecule has 4 nitrogen and oxygen atoms in total. The van der Waals surface area contributed by atoms with Gasteiger partial charge in [0.1, 0.15) is 18.1 Å². The first-order valence-corrected chi connectivity index (χ1v) is 5.08. The molecule has 1 rings (SSSR count). The monoisotopic (exact) mass is 211 g/mol. The van der Waals surface area contributed by atoms with Gasteiger partial charge in [-0.3, -0.25) is 4.79 Å². The van der Waals surface area contributed by atoms with Crippen LogP contribution in [0.5, 0.6) is 0 Å². The van der Waals surface area contributed by atoms with Crippen molar-refractivity contribution < 1.29 is 13.9 Å². The molecule has 2 N–H and O–H groups in total. The van der Waals surface area contributed by atoms with Crippen LogP contribution in [0.15, 0.2) is 16.5 Å². The number of carbonyl (C=O) groups is 1. The molecule has 4 heteroatoms. The molecule has 0 spiro atoms. The van der Waals surface area contributed by atoms with Gasteiger partial charge in [0, 0.05) is 19.4 Å². The topological polar surface area (TPSA) is 65.5 Å². The second-order valence-electron chi connectivity index (χ2n) is 3.52. The Morgan fingerprint density at radius 2 is 2.20 bits per heavy atom. The molecule has 1 aromatic rings. The molecule has 0 aliphatic carbocycles. The molecule has 0 aliphatic rings. The molecule has 1 aromatic heterocycles. The number of ether oxygens (including phenoxy) is 1. The number of furan rings is 1. The van der Waals surface area contributed by atoms with Crippen LogP contribution in [0.3, 0.4) is 0 Å². The minimum absolute atomic E-state index is 0.123. The maximum Gasteiger partial charge on any atom is 0.303 e. The van der Waals surface area contributed by atoms with Crippen molar-refractivity contribution in [3.8, 4) is 0 Å². The van der Waals surface area contributed by atoms with Crippen molar-refractivity contribution in [2.75, 3.05) is 0 Å². The van der Waals surface area contributed by atoms with Crippen molar-refractivity contribution in [1.29, 1.82) is 0 Å². The van der Waals surface area contributed by atoms with Crippen LogP contribution in [0.1, 0.15) is 31.8 Å².